The fraction of sp³-hybridized carbons (Fsp3) is 0.207. The van der Waals surface area contributed by atoms with Gasteiger partial charge in [-0.1, -0.05) is 35.5 Å². The quantitative estimate of drug-likeness (QED) is 0.335. The molecular weight excluding hydrogens is 554 g/mol. The highest BCUT2D eigenvalue weighted by atomic mass is 35.5. The molecule has 1 aliphatic rings. The van der Waals surface area contributed by atoms with Crippen LogP contribution in [0.2, 0.25) is 5.02 Å². The van der Waals surface area contributed by atoms with E-state index < -0.39 is 17.2 Å². The predicted molar refractivity (Wildman–Crippen MR) is 154 cm³/mol. The first-order valence-electron chi connectivity index (χ1n) is 12.3. The molecule has 0 unspecified atom stereocenters. The number of nitrogens with zero attached hydrogens (tertiary/aromatic N) is 2. The fourth-order valence-electron chi connectivity index (χ4n) is 3.83. The molecule has 1 saturated heterocycles. The molecule has 1 aliphatic heterocycles. The van der Waals surface area contributed by atoms with Gasteiger partial charge < -0.3 is 14.8 Å². The number of carbonyl (C=O) groups excluding carboxylic acids is 4. The van der Waals surface area contributed by atoms with Crippen molar-refractivity contribution in [1.82, 2.24) is 4.90 Å². The van der Waals surface area contributed by atoms with Crippen molar-refractivity contribution in [3.8, 4) is 0 Å². The molecule has 2 amide bonds. The first-order chi connectivity index (χ1) is 19.3. The number of benzene rings is 3. The van der Waals surface area contributed by atoms with Crippen molar-refractivity contribution in [2.24, 2.45) is 4.99 Å². The third-order valence-electron chi connectivity index (χ3n) is 5.84. The number of amides is 2. The van der Waals surface area contributed by atoms with Gasteiger partial charge in [-0.05, 0) is 73.2 Å². The SMILES string of the molecule is CCOC(=O)c1ccc(N=C2S[C@H](CC(=O)Nc3ccc(C(=O)OC)cc3)C(=O)N2Cc2ccc(Cl)cc2)cc1. The second-order valence-corrected chi connectivity index (χ2v) is 10.2. The van der Waals surface area contributed by atoms with Gasteiger partial charge in [-0.2, -0.15) is 0 Å². The molecule has 1 fully saturated rings. The zero-order chi connectivity index (χ0) is 28.6. The van der Waals surface area contributed by atoms with Crippen molar-refractivity contribution in [3.63, 3.8) is 0 Å². The lowest BCUT2D eigenvalue weighted by atomic mass is 10.2. The number of carbonyl (C=O) groups is 4. The van der Waals surface area contributed by atoms with Crippen molar-refractivity contribution in [1.29, 1.82) is 0 Å². The smallest absolute Gasteiger partial charge is 0.338 e. The van der Waals surface area contributed by atoms with Gasteiger partial charge in [0.2, 0.25) is 11.8 Å². The summed E-state index contributed by atoms with van der Waals surface area (Å²) in [5, 5.41) is 3.08. The Labute approximate surface area is 240 Å². The van der Waals surface area contributed by atoms with Crippen LogP contribution in [0.1, 0.15) is 39.6 Å². The van der Waals surface area contributed by atoms with Gasteiger partial charge in [0.1, 0.15) is 5.25 Å². The summed E-state index contributed by atoms with van der Waals surface area (Å²) in [6, 6.07) is 20.0. The van der Waals surface area contributed by atoms with E-state index in [1.807, 2.05) is 12.1 Å². The molecule has 1 N–H and O–H groups in total. The van der Waals surface area contributed by atoms with Gasteiger partial charge in [0.15, 0.2) is 5.17 Å². The number of halogens is 1. The van der Waals surface area contributed by atoms with E-state index in [0.717, 1.165) is 5.56 Å². The molecule has 40 heavy (non-hydrogen) atoms. The van der Waals surface area contributed by atoms with Gasteiger partial charge in [-0.25, -0.2) is 14.6 Å². The van der Waals surface area contributed by atoms with Crippen LogP contribution in [0.3, 0.4) is 0 Å². The van der Waals surface area contributed by atoms with E-state index in [2.05, 4.69) is 15.0 Å². The molecule has 9 nitrogen and oxygen atoms in total. The van der Waals surface area contributed by atoms with E-state index in [9.17, 15) is 19.2 Å². The molecule has 1 atom stereocenters. The summed E-state index contributed by atoms with van der Waals surface area (Å²) < 4.78 is 9.71. The third-order valence-corrected chi connectivity index (χ3v) is 7.26. The number of ether oxygens (including phenoxy) is 2. The zero-order valence-electron chi connectivity index (χ0n) is 21.8. The van der Waals surface area contributed by atoms with Gasteiger partial charge in [0.05, 0.1) is 37.1 Å². The highest BCUT2D eigenvalue weighted by Gasteiger charge is 2.39. The normalized spacial score (nSPS) is 15.7. The molecule has 0 radical (unpaired) electrons. The van der Waals surface area contributed by atoms with Crippen molar-refractivity contribution < 1.29 is 28.7 Å². The van der Waals surface area contributed by atoms with Crippen molar-refractivity contribution in [2.75, 3.05) is 19.0 Å². The number of hydrogen-bond acceptors (Lipinski definition) is 8. The topological polar surface area (TPSA) is 114 Å². The van der Waals surface area contributed by atoms with Crippen LogP contribution in [0.5, 0.6) is 0 Å². The molecule has 206 valence electrons. The van der Waals surface area contributed by atoms with Crippen LogP contribution in [0.25, 0.3) is 0 Å². The summed E-state index contributed by atoms with van der Waals surface area (Å²) in [5.41, 5.74) is 2.63. The molecule has 1 heterocycles. The minimum Gasteiger partial charge on any atom is -0.465 e. The van der Waals surface area contributed by atoms with Crippen LogP contribution >= 0.6 is 23.4 Å². The highest BCUT2D eigenvalue weighted by molar-refractivity contribution is 8.15. The number of hydrogen-bond donors (Lipinski definition) is 1. The molecule has 3 aromatic carbocycles. The maximum absolute atomic E-state index is 13.4. The highest BCUT2D eigenvalue weighted by Crippen LogP contribution is 2.33. The minimum atomic E-state index is -0.695. The van der Waals surface area contributed by atoms with E-state index in [1.165, 1.54) is 23.8 Å². The molecule has 0 saturated carbocycles. The number of nitrogens with one attached hydrogen (secondary N) is 1. The average Bonchev–Trinajstić information content (AvgIpc) is 3.23. The van der Waals surface area contributed by atoms with E-state index >= 15 is 0 Å². The zero-order valence-corrected chi connectivity index (χ0v) is 23.3. The number of aliphatic imine (C=N–C) groups is 1. The Hall–Kier alpha value is -4.15. The summed E-state index contributed by atoms with van der Waals surface area (Å²) in [6.07, 6.45) is -0.0831. The van der Waals surface area contributed by atoms with Gasteiger partial charge >= 0.3 is 11.9 Å². The molecule has 0 spiro atoms. The van der Waals surface area contributed by atoms with Gasteiger partial charge in [-0.15, -0.1) is 0 Å². The maximum Gasteiger partial charge on any atom is 0.338 e. The molecule has 11 heteroatoms. The van der Waals surface area contributed by atoms with Crippen molar-refractivity contribution in [3.05, 3.63) is 94.5 Å². The average molecular weight is 580 g/mol. The summed E-state index contributed by atoms with van der Waals surface area (Å²) in [5.74, 6) is -1.52. The van der Waals surface area contributed by atoms with Gasteiger partial charge in [0, 0.05) is 17.1 Å². The Balaban J connectivity index is 1.51. The van der Waals surface area contributed by atoms with Crippen LogP contribution < -0.4 is 5.32 Å². The number of anilines is 1. The van der Waals surface area contributed by atoms with E-state index in [1.54, 1.807) is 67.6 Å². The standard InChI is InChI=1S/C29H26ClN3O6S/c1-3-39-28(37)20-8-14-23(15-9-20)32-29-33(17-18-4-10-21(30)11-5-18)26(35)24(40-29)16-25(34)31-22-12-6-19(7-13-22)27(36)38-2/h4-15,24H,3,16-17H2,1-2H3,(H,31,34)/t24-/m1/s1. The summed E-state index contributed by atoms with van der Waals surface area (Å²) in [7, 11) is 1.29. The lowest BCUT2D eigenvalue weighted by Crippen LogP contribution is -2.33. The molecule has 4 rings (SSSR count). The van der Waals surface area contributed by atoms with E-state index in [4.69, 9.17) is 16.3 Å². The number of amidine groups is 1. The predicted octanol–water partition coefficient (Wildman–Crippen LogP) is 5.46. The second-order valence-electron chi connectivity index (χ2n) is 8.64. The Kier molecular flexibility index (Phi) is 9.57. The summed E-state index contributed by atoms with van der Waals surface area (Å²) >= 11 is 7.22. The largest absolute Gasteiger partial charge is 0.465 e. The van der Waals surface area contributed by atoms with Crippen LogP contribution in [-0.4, -0.2) is 52.8 Å². The first-order valence-corrected chi connectivity index (χ1v) is 13.6. The molecular formula is C29H26ClN3O6S. The monoisotopic (exact) mass is 579 g/mol. The number of methoxy groups -OCH3 is 1. The van der Waals surface area contributed by atoms with Gasteiger partial charge in [-0.3, -0.25) is 14.5 Å². The second kappa shape index (κ2) is 13.3. The maximum atomic E-state index is 13.4. The van der Waals surface area contributed by atoms with Crippen LogP contribution in [0.15, 0.2) is 77.8 Å². The molecule has 3 aromatic rings. The Morgan fingerprint density at radius 2 is 1.57 bits per heavy atom. The molecule has 0 bridgehead atoms. The Bertz CT molecular complexity index is 1430. The fourth-order valence-corrected chi connectivity index (χ4v) is 5.11. The summed E-state index contributed by atoms with van der Waals surface area (Å²) in [4.78, 5) is 56.1. The van der Waals surface area contributed by atoms with E-state index in [0.29, 0.717) is 32.7 Å². The van der Waals surface area contributed by atoms with Crippen LogP contribution in [0, 0.1) is 0 Å². The Morgan fingerprint density at radius 1 is 0.950 bits per heavy atom. The van der Waals surface area contributed by atoms with Crippen molar-refractivity contribution in [2.45, 2.75) is 25.1 Å². The third kappa shape index (κ3) is 7.28. The van der Waals surface area contributed by atoms with Crippen LogP contribution in [-0.2, 0) is 25.6 Å². The molecule has 0 aromatic heterocycles. The lowest BCUT2D eigenvalue weighted by molar-refractivity contribution is -0.128. The summed E-state index contributed by atoms with van der Waals surface area (Å²) in [6.45, 7) is 2.25. The van der Waals surface area contributed by atoms with Crippen molar-refractivity contribution >= 4 is 63.7 Å². The lowest BCUT2D eigenvalue weighted by Gasteiger charge is -2.17. The van der Waals surface area contributed by atoms with Crippen LogP contribution in [0.4, 0.5) is 11.4 Å². The minimum absolute atomic E-state index is 0.0831. The van der Waals surface area contributed by atoms with E-state index in [-0.39, 0.29) is 31.4 Å². The number of rotatable bonds is 9. The van der Waals surface area contributed by atoms with Gasteiger partial charge in [0.25, 0.3) is 0 Å². The molecule has 0 aliphatic carbocycles. The Morgan fingerprint density at radius 3 is 2.20 bits per heavy atom. The number of esters is 2. The number of thioether (sulfide) groups is 1. The first kappa shape index (κ1) is 28.8.